The number of anilines is 2. The number of carbonyl (C=O) groups is 4. The Labute approximate surface area is 559 Å². The minimum Gasteiger partial charge on any atom is -0.508 e. The number of likely N-dealkylation sites (tertiary alicyclic amines) is 3. The minimum atomic E-state index is -1.03. The number of ether oxygens (including phenoxy) is 5. The van der Waals surface area contributed by atoms with E-state index in [2.05, 4.69) is 32.4 Å². The van der Waals surface area contributed by atoms with Crippen LogP contribution in [0.4, 0.5) is 61.1 Å². The molecule has 4 aromatic carbocycles. The van der Waals surface area contributed by atoms with Gasteiger partial charge in [-0.3, -0.25) is 19.7 Å². The van der Waals surface area contributed by atoms with Gasteiger partial charge in [0.05, 0.1) is 19.2 Å². The van der Waals surface area contributed by atoms with E-state index in [-0.39, 0.29) is 94.5 Å². The molecule has 4 atom stereocenters. The first-order valence-electron chi connectivity index (χ1n) is 29.3. The Hall–Kier alpha value is -8.94. The number of phenols is 1. The van der Waals surface area contributed by atoms with Crippen molar-refractivity contribution >= 4 is 59.1 Å². The summed E-state index contributed by atoms with van der Waals surface area (Å²) in [6.07, 6.45) is 1.14. The van der Waals surface area contributed by atoms with Crippen LogP contribution in [0.2, 0.25) is 0 Å². The highest BCUT2D eigenvalue weighted by atomic mass is 35.5. The zero-order valence-corrected chi connectivity index (χ0v) is 55.5. The zero-order chi connectivity index (χ0) is 70.9. The number of aliphatic hydroxyl groups excluding tert-OH is 1. The van der Waals surface area contributed by atoms with Crippen LogP contribution < -0.4 is 41.7 Å². The largest absolute Gasteiger partial charge is 0.508 e. The summed E-state index contributed by atoms with van der Waals surface area (Å²) in [7, 11) is 3.04. The molecule has 0 spiro atoms. The second kappa shape index (κ2) is 38.6. The van der Waals surface area contributed by atoms with Crippen LogP contribution >= 0.6 is 24.0 Å². The van der Waals surface area contributed by atoms with Crippen LogP contribution in [0.15, 0.2) is 107 Å². The number of aryl methyl sites for hydroxylation is 2. The van der Waals surface area contributed by atoms with E-state index >= 15 is 0 Å². The molecule has 4 aliphatic rings. The molecule has 4 saturated heterocycles. The van der Waals surface area contributed by atoms with Crippen molar-refractivity contribution in [2.45, 2.75) is 110 Å². The number of aromatic nitrogens is 4. The molecular formula is C63H78Cl2F8N10O13. The molecule has 0 bridgehead atoms. The zero-order valence-electron chi connectivity index (χ0n) is 53.9. The molecular weight excluding hydrogens is 1330 g/mol. The van der Waals surface area contributed by atoms with E-state index in [0.29, 0.717) is 70.1 Å². The topological polar surface area (TPSA) is 284 Å². The Morgan fingerprint density at radius 3 is 1.33 bits per heavy atom. The number of nitrogen functional groups attached to an aromatic ring is 1. The first-order chi connectivity index (χ1) is 44.4. The van der Waals surface area contributed by atoms with Gasteiger partial charge >= 0.3 is 18.2 Å². The first kappa shape index (κ1) is 81.3. The van der Waals surface area contributed by atoms with Gasteiger partial charge in [0.15, 0.2) is 52.4 Å². The molecule has 0 saturated carbocycles. The third kappa shape index (κ3) is 30.2. The molecule has 23 nitrogen and oxygen atoms in total. The van der Waals surface area contributed by atoms with Crippen LogP contribution in [0.3, 0.4) is 0 Å². The first-order valence-corrected chi connectivity index (χ1v) is 29.7. The second-order valence-corrected chi connectivity index (χ2v) is 23.7. The van der Waals surface area contributed by atoms with Gasteiger partial charge in [0.2, 0.25) is 5.24 Å². The van der Waals surface area contributed by atoms with Gasteiger partial charge < -0.3 is 59.6 Å². The number of aliphatic hydroxyl groups is 1. The number of β-amino-alcohol motifs (C(OH)–C–C–N with tert-alkyl or cyclic N) is 1. The van der Waals surface area contributed by atoms with Crippen molar-refractivity contribution < 1.29 is 88.2 Å². The summed E-state index contributed by atoms with van der Waals surface area (Å²) in [6, 6.07) is 18.2. The van der Waals surface area contributed by atoms with Crippen molar-refractivity contribution in [1.29, 1.82) is 0 Å². The highest BCUT2D eigenvalue weighted by Gasteiger charge is 2.32. The molecule has 96 heavy (non-hydrogen) atoms. The number of aromatic hydroxyl groups is 1. The Morgan fingerprint density at radius 1 is 0.562 bits per heavy atom. The smallest absolute Gasteiger partial charge is 0.410 e. The summed E-state index contributed by atoms with van der Waals surface area (Å²) < 4.78 is 131. The van der Waals surface area contributed by atoms with Crippen molar-refractivity contribution in [3.63, 3.8) is 0 Å². The monoisotopic (exact) mass is 1400 g/mol. The summed E-state index contributed by atoms with van der Waals surface area (Å²) in [5.74, 6) is -6.27. The van der Waals surface area contributed by atoms with Crippen molar-refractivity contribution in [3.8, 4) is 23.0 Å². The van der Waals surface area contributed by atoms with Crippen molar-refractivity contribution in [1.82, 2.24) is 39.6 Å². The van der Waals surface area contributed by atoms with Crippen molar-refractivity contribution in [3.05, 3.63) is 164 Å². The molecule has 4 fully saturated rings. The van der Waals surface area contributed by atoms with E-state index in [1.165, 1.54) is 70.9 Å². The molecule has 0 unspecified atom stereocenters. The lowest BCUT2D eigenvalue weighted by Gasteiger charge is -2.24. The number of urea groups is 1. The molecule has 4 amide bonds. The molecule has 6 N–H and O–H groups in total. The maximum atomic E-state index is 13.2. The Morgan fingerprint density at radius 2 is 0.958 bits per heavy atom. The van der Waals surface area contributed by atoms with Crippen LogP contribution in [-0.4, -0.2) is 156 Å². The van der Waals surface area contributed by atoms with Crippen LogP contribution in [-0.2, 0) is 28.4 Å². The van der Waals surface area contributed by atoms with Gasteiger partial charge in [0.1, 0.15) is 58.3 Å². The lowest BCUT2D eigenvalue weighted by Crippen LogP contribution is -2.36. The number of rotatable bonds is 7. The molecule has 33 heteroatoms. The van der Waals surface area contributed by atoms with Crippen LogP contribution in [0.5, 0.6) is 23.0 Å². The molecule has 6 heterocycles. The standard InChI is InChI=1S/C16H16F2N4O3.C15H19F2NO3.C10H11F2NO.C9H17NO3.C6H4F2O.C5H7N3O.C2H3ClO.ClH/c1-21-15(23)5-4-14(20-21)19-16(24)22-7-6-11(9-22)25-10-2-3-12(17)13(18)8-10;1-15(2,3)21-14(19)18-7-6-11(9-18)20-10-4-5-12(16)13(17)8-10;11-9-2-1-7(5-10(9)12)14-8-3-4-13-6-8;1-9(2,3)13-8(12)10-5-4-7(11)6-10;7-5-2-1-4(9)3-6(5)8;1-8-5(9)3-2-4(6)7-8;1-2(3)4;/h2-5,8,11H,6-7,9H2,1H3,(H,19,20,24);4-5,8,11H,6-7,9H2,1-3H3;1-2,5,8,13H,3-4,6H2;7,11H,4-6H2,1-3H3;1-3,9H;2-3H,1H3,(H2,6,7);1H3;1H/t2*11-;8-;7-;;;;/m0001..../s1. The third-order valence-corrected chi connectivity index (χ3v) is 12.7. The number of hydrogen-bond acceptors (Lipinski definition) is 17. The van der Waals surface area contributed by atoms with Gasteiger partial charge in [-0.1, -0.05) is 0 Å². The lowest BCUT2D eigenvalue weighted by atomic mass is 10.2. The number of amides is 4. The molecule has 0 aliphatic carbocycles. The fourth-order valence-corrected chi connectivity index (χ4v) is 8.28. The van der Waals surface area contributed by atoms with E-state index in [1.807, 2.05) is 20.8 Å². The van der Waals surface area contributed by atoms with Crippen molar-refractivity contribution in [2.75, 3.05) is 63.4 Å². The van der Waals surface area contributed by atoms with E-state index in [9.17, 15) is 69.0 Å². The van der Waals surface area contributed by atoms with Gasteiger partial charge in [-0.05, 0) is 133 Å². The van der Waals surface area contributed by atoms with E-state index in [0.717, 1.165) is 78.8 Å². The quantitative estimate of drug-likeness (QED) is 0.0734. The number of phenolic OH excluding ortho intramolecular Hbond substituents is 1. The third-order valence-electron chi connectivity index (χ3n) is 12.7. The number of nitrogens with two attached hydrogens (primary N) is 1. The number of carbonyl (C=O) groups excluding carboxylic acids is 4. The summed E-state index contributed by atoms with van der Waals surface area (Å²) in [4.78, 5) is 71.3. The summed E-state index contributed by atoms with van der Waals surface area (Å²) in [6.45, 7) is 16.5. The predicted molar refractivity (Wildman–Crippen MR) is 341 cm³/mol. The van der Waals surface area contributed by atoms with Gasteiger partial charge in [0, 0.05) is 103 Å². The van der Waals surface area contributed by atoms with Crippen molar-refractivity contribution in [2.24, 2.45) is 14.1 Å². The highest BCUT2D eigenvalue weighted by molar-refractivity contribution is 6.62. The number of hydrogen-bond donors (Lipinski definition) is 5. The van der Waals surface area contributed by atoms with E-state index in [4.69, 9.17) is 34.5 Å². The predicted octanol–water partition coefficient (Wildman–Crippen LogP) is 10.0. The maximum Gasteiger partial charge on any atom is 0.410 e. The van der Waals surface area contributed by atoms with Gasteiger partial charge in [-0.2, -0.15) is 10.2 Å². The summed E-state index contributed by atoms with van der Waals surface area (Å²) in [5.41, 5.74) is 3.83. The van der Waals surface area contributed by atoms with Gasteiger partial charge in [0.25, 0.3) is 11.1 Å². The maximum absolute atomic E-state index is 13.2. The fourth-order valence-electron chi connectivity index (χ4n) is 8.28. The average molecular weight is 1410 g/mol. The highest BCUT2D eigenvalue weighted by Crippen LogP contribution is 2.25. The van der Waals surface area contributed by atoms with Crippen LogP contribution in [0.1, 0.15) is 74.1 Å². The fraction of sp³-hybridized carbons (Fsp3) is 0.429. The Bertz CT molecular complexity index is 3640. The number of benzene rings is 4. The lowest BCUT2D eigenvalue weighted by molar-refractivity contribution is -0.109. The number of nitrogens with one attached hydrogen (secondary N) is 2. The molecule has 0 radical (unpaired) electrons. The summed E-state index contributed by atoms with van der Waals surface area (Å²) in [5, 5.41) is 30.7. The molecule has 528 valence electrons. The van der Waals surface area contributed by atoms with Gasteiger partial charge in [-0.15, -0.1) is 12.4 Å². The molecule has 6 aromatic rings. The molecule has 4 aliphatic heterocycles. The second-order valence-electron chi connectivity index (χ2n) is 23.2. The van der Waals surface area contributed by atoms with Crippen LogP contribution in [0.25, 0.3) is 0 Å². The average Bonchev–Trinajstić information content (AvgIpc) is 1.67. The Balaban J connectivity index is 0.000000307. The summed E-state index contributed by atoms with van der Waals surface area (Å²) >= 11 is 4.64. The Kier molecular flexibility index (Phi) is 32.7. The number of halogens is 10. The molecule has 10 rings (SSSR count). The van der Waals surface area contributed by atoms with Gasteiger partial charge in [-0.25, -0.2) is 58.9 Å². The van der Waals surface area contributed by atoms with Crippen LogP contribution in [0, 0.1) is 46.5 Å². The number of nitrogens with zero attached hydrogens (tertiary/aromatic N) is 7. The minimum absolute atomic E-state index is 0. The normalized spacial score (nSPS) is 16.8. The van der Waals surface area contributed by atoms with E-state index < -0.39 is 57.7 Å². The molecule has 2 aromatic heterocycles. The SMILES string of the molecule is CC(=O)Cl.CC(C)(C)OC(=O)N1CC[C@@H](O)C1.CC(C)(C)OC(=O)N1CC[C@H](Oc2ccc(F)c(F)c2)C1.Cl.Cn1nc(N)ccc1=O.Cn1nc(NC(=O)N2CC[C@H](Oc3ccc(F)c(F)c3)C2)ccc1=O.Fc1ccc(O[C@H]2CCNC2)cc1F.Oc1ccc(F)c(F)c1. The van der Waals surface area contributed by atoms with E-state index in [1.54, 1.807) is 32.7 Å².